The number of nitrogens with zero attached hydrogens (tertiary/aromatic N) is 1. The fourth-order valence-electron chi connectivity index (χ4n) is 2.87. The molecule has 0 saturated heterocycles. The molecule has 0 atom stereocenters. The normalized spacial score (nSPS) is 11.1. The predicted octanol–water partition coefficient (Wildman–Crippen LogP) is 5.23. The first kappa shape index (κ1) is 22.9. The van der Waals surface area contributed by atoms with E-state index < -0.39 is 22.5 Å². The summed E-state index contributed by atoms with van der Waals surface area (Å²) in [6.07, 6.45) is 0. The molecule has 0 heterocycles. The Morgan fingerprint density at radius 2 is 1.71 bits per heavy atom. The van der Waals surface area contributed by atoms with Gasteiger partial charge in [0.1, 0.15) is 12.3 Å². The van der Waals surface area contributed by atoms with E-state index in [1.54, 1.807) is 54.6 Å². The van der Waals surface area contributed by atoms with Crippen molar-refractivity contribution in [2.75, 3.05) is 22.8 Å². The summed E-state index contributed by atoms with van der Waals surface area (Å²) < 4.78 is 33.1. The Bertz CT molecular complexity index is 1170. The van der Waals surface area contributed by atoms with Crippen LogP contribution in [0.1, 0.15) is 6.92 Å². The highest BCUT2D eigenvalue weighted by atomic mass is 35.5. The fraction of sp³-hybridized carbons (Fsp3) is 0.136. The minimum absolute atomic E-state index is 0.0252. The Hall–Kier alpha value is -2.74. The van der Waals surface area contributed by atoms with E-state index in [0.717, 1.165) is 4.31 Å². The van der Waals surface area contributed by atoms with E-state index in [1.165, 1.54) is 18.2 Å². The first-order valence-electron chi connectivity index (χ1n) is 9.37. The number of carbonyl (C=O) groups is 1. The molecular formula is C22H20Cl2N2O4S. The largest absolute Gasteiger partial charge is 0.494 e. The van der Waals surface area contributed by atoms with Crippen molar-refractivity contribution < 1.29 is 17.9 Å². The average molecular weight is 479 g/mol. The van der Waals surface area contributed by atoms with Crippen molar-refractivity contribution in [3.63, 3.8) is 0 Å². The van der Waals surface area contributed by atoms with Crippen LogP contribution in [-0.2, 0) is 14.8 Å². The van der Waals surface area contributed by atoms with E-state index in [1.807, 2.05) is 6.92 Å². The van der Waals surface area contributed by atoms with Gasteiger partial charge in [0, 0.05) is 11.8 Å². The minimum Gasteiger partial charge on any atom is -0.494 e. The van der Waals surface area contributed by atoms with Crippen LogP contribution in [0, 0.1) is 0 Å². The van der Waals surface area contributed by atoms with Crippen LogP contribution in [0.25, 0.3) is 0 Å². The lowest BCUT2D eigenvalue weighted by Crippen LogP contribution is -2.38. The zero-order valence-electron chi connectivity index (χ0n) is 16.6. The van der Waals surface area contributed by atoms with Crippen molar-refractivity contribution in [3.8, 4) is 5.75 Å². The van der Waals surface area contributed by atoms with Crippen molar-refractivity contribution in [1.82, 2.24) is 0 Å². The zero-order chi connectivity index (χ0) is 22.4. The minimum atomic E-state index is -4.09. The quantitative estimate of drug-likeness (QED) is 0.480. The summed E-state index contributed by atoms with van der Waals surface area (Å²) in [5.74, 6) is 0.0381. The highest BCUT2D eigenvalue weighted by molar-refractivity contribution is 7.92. The van der Waals surface area contributed by atoms with Gasteiger partial charge in [0.15, 0.2) is 0 Å². The van der Waals surface area contributed by atoms with E-state index in [4.69, 9.17) is 27.9 Å². The number of anilines is 2. The van der Waals surface area contributed by atoms with Crippen LogP contribution < -0.4 is 14.4 Å². The molecule has 0 aliphatic carbocycles. The fourth-order valence-corrected chi connectivity index (χ4v) is 4.77. The molecule has 31 heavy (non-hydrogen) atoms. The maximum Gasteiger partial charge on any atom is 0.264 e. The molecule has 0 radical (unpaired) electrons. The molecule has 3 aromatic rings. The van der Waals surface area contributed by atoms with Crippen molar-refractivity contribution >= 4 is 50.5 Å². The van der Waals surface area contributed by atoms with Crippen LogP contribution in [0.4, 0.5) is 11.4 Å². The average Bonchev–Trinajstić information content (AvgIpc) is 2.75. The van der Waals surface area contributed by atoms with Gasteiger partial charge in [-0.25, -0.2) is 8.42 Å². The molecule has 1 amide bonds. The van der Waals surface area contributed by atoms with Gasteiger partial charge in [-0.15, -0.1) is 0 Å². The number of benzene rings is 3. The van der Waals surface area contributed by atoms with Gasteiger partial charge in [0.25, 0.3) is 10.0 Å². The smallest absolute Gasteiger partial charge is 0.264 e. The lowest BCUT2D eigenvalue weighted by molar-refractivity contribution is -0.114. The number of rotatable bonds is 8. The van der Waals surface area contributed by atoms with Gasteiger partial charge >= 0.3 is 0 Å². The number of hydrogen-bond acceptors (Lipinski definition) is 4. The van der Waals surface area contributed by atoms with Crippen molar-refractivity contribution in [1.29, 1.82) is 0 Å². The predicted molar refractivity (Wildman–Crippen MR) is 124 cm³/mol. The number of hydrogen-bond donors (Lipinski definition) is 1. The summed E-state index contributed by atoms with van der Waals surface area (Å²) in [6, 6.07) is 19.2. The van der Waals surface area contributed by atoms with Crippen molar-refractivity contribution in [3.05, 3.63) is 82.8 Å². The molecular weight excluding hydrogens is 459 g/mol. The second kappa shape index (κ2) is 10.0. The third-order valence-electron chi connectivity index (χ3n) is 4.25. The molecule has 0 unspecified atom stereocenters. The lowest BCUT2D eigenvalue weighted by atomic mass is 10.3. The van der Waals surface area contributed by atoms with Crippen LogP contribution in [0.5, 0.6) is 5.75 Å². The molecule has 0 bridgehead atoms. The van der Waals surface area contributed by atoms with Crippen LogP contribution in [0.3, 0.4) is 0 Å². The molecule has 0 aliphatic rings. The number of halogens is 2. The summed E-state index contributed by atoms with van der Waals surface area (Å²) in [5.41, 5.74) is 0.585. The van der Waals surface area contributed by atoms with E-state index in [9.17, 15) is 13.2 Å². The topological polar surface area (TPSA) is 75.7 Å². The molecule has 1 N–H and O–H groups in total. The van der Waals surface area contributed by atoms with Gasteiger partial charge in [-0.3, -0.25) is 9.10 Å². The Kier molecular flexibility index (Phi) is 7.43. The molecule has 3 aromatic carbocycles. The first-order valence-corrected chi connectivity index (χ1v) is 11.6. The second-order valence-electron chi connectivity index (χ2n) is 6.41. The summed E-state index contributed by atoms with van der Waals surface area (Å²) in [7, 11) is -4.09. The SMILES string of the molecule is CCOc1cccc(NC(=O)CN(c2cccc(Cl)c2Cl)S(=O)(=O)c2ccccc2)c1. The summed E-state index contributed by atoms with van der Waals surface area (Å²) >= 11 is 12.4. The van der Waals surface area contributed by atoms with E-state index >= 15 is 0 Å². The first-order chi connectivity index (χ1) is 14.8. The van der Waals surface area contributed by atoms with Crippen LogP contribution in [-0.4, -0.2) is 27.5 Å². The van der Waals surface area contributed by atoms with Crippen molar-refractivity contribution in [2.45, 2.75) is 11.8 Å². The number of carbonyl (C=O) groups excluding carboxylic acids is 1. The highest BCUT2D eigenvalue weighted by Crippen LogP contribution is 2.35. The molecule has 3 rings (SSSR count). The number of ether oxygens (including phenoxy) is 1. The Morgan fingerprint density at radius 3 is 2.42 bits per heavy atom. The van der Waals surface area contributed by atoms with Gasteiger partial charge in [-0.1, -0.05) is 53.5 Å². The highest BCUT2D eigenvalue weighted by Gasteiger charge is 2.29. The van der Waals surface area contributed by atoms with Gasteiger partial charge in [-0.05, 0) is 43.3 Å². The Labute approximate surface area is 191 Å². The number of amides is 1. The maximum atomic E-state index is 13.3. The molecule has 0 fully saturated rings. The summed E-state index contributed by atoms with van der Waals surface area (Å²) in [5, 5.41) is 2.91. The standard InChI is InChI=1S/C22H20Cl2N2O4S/c1-2-30-17-9-6-8-16(14-17)25-21(27)15-26(20-13-7-12-19(23)22(20)24)31(28,29)18-10-4-3-5-11-18/h3-14H,2,15H2,1H3,(H,25,27). The lowest BCUT2D eigenvalue weighted by Gasteiger charge is -2.25. The van der Waals surface area contributed by atoms with Gasteiger partial charge < -0.3 is 10.1 Å². The molecule has 0 spiro atoms. The van der Waals surface area contributed by atoms with E-state index in [0.29, 0.717) is 18.0 Å². The van der Waals surface area contributed by atoms with Crippen LogP contribution >= 0.6 is 23.2 Å². The molecule has 0 aliphatic heterocycles. The Morgan fingerprint density at radius 1 is 1.00 bits per heavy atom. The molecule has 6 nitrogen and oxygen atoms in total. The Balaban J connectivity index is 1.95. The number of nitrogens with one attached hydrogen (secondary N) is 1. The monoisotopic (exact) mass is 478 g/mol. The summed E-state index contributed by atoms with van der Waals surface area (Å²) in [4.78, 5) is 12.8. The van der Waals surface area contributed by atoms with Gasteiger partial charge in [0.2, 0.25) is 5.91 Å². The summed E-state index contributed by atoms with van der Waals surface area (Å²) in [6.45, 7) is 1.83. The molecule has 162 valence electrons. The molecule has 0 saturated carbocycles. The van der Waals surface area contributed by atoms with E-state index in [2.05, 4.69) is 5.32 Å². The van der Waals surface area contributed by atoms with Crippen LogP contribution in [0.2, 0.25) is 10.0 Å². The van der Waals surface area contributed by atoms with Crippen molar-refractivity contribution in [2.24, 2.45) is 0 Å². The molecule has 0 aromatic heterocycles. The second-order valence-corrected chi connectivity index (χ2v) is 9.05. The van der Waals surface area contributed by atoms with Gasteiger partial charge in [-0.2, -0.15) is 0 Å². The molecule has 9 heteroatoms. The number of sulfonamides is 1. The maximum absolute atomic E-state index is 13.3. The zero-order valence-corrected chi connectivity index (χ0v) is 18.9. The van der Waals surface area contributed by atoms with Gasteiger partial charge in [0.05, 0.1) is 27.2 Å². The third kappa shape index (κ3) is 5.50. The van der Waals surface area contributed by atoms with E-state index in [-0.39, 0.29) is 20.6 Å². The van der Waals surface area contributed by atoms with Crippen LogP contribution in [0.15, 0.2) is 77.7 Å². The third-order valence-corrected chi connectivity index (χ3v) is 6.83.